The molecule has 0 radical (unpaired) electrons. The van der Waals surface area contributed by atoms with E-state index in [2.05, 4.69) is 10.1 Å². The van der Waals surface area contributed by atoms with Crippen molar-refractivity contribution in [2.75, 3.05) is 0 Å². The highest BCUT2D eigenvalue weighted by molar-refractivity contribution is 6.30. The molecule has 0 spiro atoms. The molecule has 2 heterocycles. The second kappa shape index (κ2) is 5.81. The van der Waals surface area contributed by atoms with Crippen molar-refractivity contribution in [2.24, 2.45) is 7.05 Å². The van der Waals surface area contributed by atoms with E-state index in [-0.39, 0.29) is 6.10 Å². The van der Waals surface area contributed by atoms with Crippen LogP contribution >= 0.6 is 11.6 Å². The fourth-order valence-corrected chi connectivity index (χ4v) is 2.32. The van der Waals surface area contributed by atoms with E-state index in [0.717, 1.165) is 0 Å². The molecule has 5 nitrogen and oxygen atoms in total. The highest BCUT2D eigenvalue weighted by Crippen LogP contribution is 2.31. The molecule has 0 saturated carbocycles. The van der Waals surface area contributed by atoms with Crippen molar-refractivity contribution < 1.29 is 9.84 Å². The molecule has 20 heavy (non-hydrogen) atoms. The Morgan fingerprint density at radius 3 is 2.60 bits per heavy atom. The lowest BCUT2D eigenvalue weighted by Gasteiger charge is -2.14. The quantitative estimate of drug-likeness (QED) is 0.942. The van der Waals surface area contributed by atoms with E-state index in [1.54, 1.807) is 25.5 Å². The van der Waals surface area contributed by atoms with Crippen LogP contribution in [-0.4, -0.2) is 26.0 Å². The van der Waals surface area contributed by atoms with Crippen LogP contribution < -0.4 is 4.74 Å². The van der Waals surface area contributed by atoms with Gasteiger partial charge in [0.05, 0.1) is 18.0 Å². The summed E-state index contributed by atoms with van der Waals surface area (Å²) in [6.45, 7) is 5.68. The molecule has 0 aromatic carbocycles. The van der Waals surface area contributed by atoms with Crippen LogP contribution in [0.2, 0.25) is 5.15 Å². The highest BCUT2D eigenvalue weighted by Gasteiger charge is 2.21. The number of halogens is 1. The zero-order valence-electron chi connectivity index (χ0n) is 12.0. The van der Waals surface area contributed by atoms with Gasteiger partial charge < -0.3 is 9.84 Å². The zero-order chi connectivity index (χ0) is 14.9. The Labute approximate surface area is 123 Å². The third-order valence-corrected chi connectivity index (χ3v) is 3.34. The van der Waals surface area contributed by atoms with Crippen LogP contribution in [0.1, 0.15) is 36.8 Å². The second-order valence-corrected chi connectivity index (χ2v) is 5.29. The minimum atomic E-state index is -0.876. The molecule has 0 amide bonds. The van der Waals surface area contributed by atoms with E-state index in [4.69, 9.17) is 16.3 Å². The van der Waals surface area contributed by atoms with E-state index >= 15 is 0 Å². The minimum Gasteiger partial charge on any atom is -0.489 e. The monoisotopic (exact) mass is 295 g/mol. The van der Waals surface area contributed by atoms with Gasteiger partial charge in [-0.25, -0.2) is 0 Å². The van der Waals surface area contributed by atoms with Crippen molar-refractivity contribution in [1.29, 1.82) is 0 Å². The van der Waals surface area contributed by atoms with Crippen LogP contribution in [0.25, 0.3) is 0 Å². The van der Waals surface area contributed by atoms with Crippen molar-refractivity contribution in [2.45, 2.75) is 33.0 Å². The van der Waals surface area contributed by atoms with E-state index < -0.39 is 6.10 Å². The number of hydrogen-bond donors (Lipinski definition) is 1. The van der Waals surface area contributed by atoms with Crippen LogP contribution in [0.3, 0.4) is 0 Å². The van der Waals surface area contributed by atoms with E-state index in [1.165, 1.54) is 4.68 Å². The summed E-state index contributed by atoms with van der Waals surface area (Å²) in [7, 11) is 1.74. The predicted octanol–water partition coefficient (Wildman–Crippen LogP) is 2.65. The average molecular weight is 296 g/mol. The number of pyridine rings is 1. The summed E-state index contributed by atoms with van der Waals surface area (Å²) in [6, 6.07) is 1.76. The number of rotatable bonds is 4. The Morgan fingerprint density at radius 2 is 2.05 bits per heavy atom. The smallest absolute Gasteiger partial charge is 0.138 e. The topological polar surface area (TPSA) is 60.2 Å². The zero-order valence-corrected chi connectivity index (χ0v) is 12.7. The van der Waals surface area contributed by atoms with Gasteiger partial charge in [0.2, 0.25) is 0 Å². The molecule has 6 heteroatoms. The van der Waals surface area contributed by atoms with Gasteiger partial charge in [-0.15, -0.1) is 0 Å². The lowest BCUT2D eigenvalue weighted by Crippen LogP contribution is -2.07. The molecule has 0 fully saturated rings. The number of aliphatic hydroxyl groups is 1. The average Bonchev–Trinajstić information content (AvgIpc) is 2.62. The Balaban J connectivity index is 2.35. The molecule has 2 aromatic heterocycles. The van der Waals surface area contributed by atoms with Crippen molar-refractivity contribution in [3.05, 3.63) is 40.4 Å². The van der Waals surface area contributed by atoms with Crippen molar-refractivity contribution >= 4 is 11.6 Å². The van der Waals surface area contributed by atoms with Crippen molar-refractivity contribution in [1.82, 2.24) is 14.8 Å². The molecule has 0 aliphatic rings. The summed E-state index contributed by atoms with van der Waals surface area (Å²) in [5.41, 5.74) is 1.92. The van der Waals surface area contributed by atoms with Gasteiger partial charge >= 0.3 is 0 Å². The summed E-state index contributed by atoms with van der Waals surface area (Å²) in [6.07, 6.45) is 2.39. The lowest BCUT2D eigenvalue weighted by molar-refractivity contribution is 0.215. The molecule has 2 aromatic rings. The maximum Gasteiger partial charge on any atom is 0.138 e. The van der Waals surface area contributed by atoms with Crippen LogP contribution in [0.5, 0.6) is 5.75 Å². The normalized spacial score (nSPS) is 12.8. The summed E-state index contributed by atoms with van der Waals surface area (Å²) in [4.78, 5) is 4.10. The molecule has 108 valence electrons. The first kappa shape index (κ1) is 14.8. The molecule has 1 atom stereocenters. The largest absolute Gasteiger partial charge is 0.489 e. The van der Waals surface area contributed by atoms with E-state index in [1.807, 2.05) is 20.8 Å². The molecule has 0 aliphatic heterocycles. The molecule has 0 aliphatic carbocycles. The summed E-state index contributed by atoms with van der Waals surface area (Å²) in [5, 5.41) is 15.1. The van der Waals surface area contributed by atoms with Crippen molar-refractivity contribution in [3.63, 3.8) is 0 Å². The minimum absolute atomic E-state index is 0.0490. The third-order valence-electron chi connectivity index (χ3n) is 2.89. The Hall–Kier alpha value is -1.59. The van der Waals surface area contributed by atoms with Gasteiger partial charge in [-0.1, -0.05) is 11.6 Å². The summed E-state index contributed by atoms with van der Waals surface area (Å²) in [5.74, 6) is 0.620. The standard InChI is InChI=1S/C14H18ClN3O2/c1-8(2)20-11-5-10(6-16-7-11)13(19)12-9(3)17-18(4)14(12)15/h5-8,13,19H,1-4H3. The predicted molar refractivity (Wildman–Crippen MR) is 77.0 cm³/mol. The Bertz CT molecular complexity index is 610. The van der Waals surface area contributed by atoms with Gasteiger partial charge in [0.1, 0.15) is 17.0 Å². The maximum absolute atomic E-state index is 10.5. The van der Waals surface area contributed by atoms with Gasteiger partial charge in [-0.3, -0.25) is 9.67 Å². The van der Waals surface area contributed by atoms with Gasteiger partial charge in [0, 0.05) is 24.4 Å². The van der Waals surface area contributed by atoms with Crippen LogP contribution in [0.4, 0.5) is 0 Å². The molecule has 2 rings (SSSR count). The third kappa shape index (κ3) is 2.94. The number of hydrogen-bond acceptors (Lipinski definition) is 4. The van der Waals surface area contributed by atoms with Crippen LogP contribution in [-0.2, 0) is 7.05 Å². The lowest BCUT2D eigenvalue weighted by atomic mass is 10.0. The first-order chi connectivity index (χ1) is 9.40. The highest BCUT2D eigenvalue weighted by atomic mass is 35.5. The fraction of sp³-hybridized carbons (Fsp3) is 0.429. The Morgan fingerprint density at radius 1 is 1.35 bits per heavy atom. The summed E-state index contributed by atoms with van der Waals surface area (Å²) < 4.78 is 7.12. The molecule has 0 saturated heterocycles. The van der Waals surface area contributed by atoms with E-state index in [9.17, 15) is 5.11 Å². The second-order valence-electron chi connectivity index (χ2n) is 4.94. The van der Waals surface area contributed by atoms with Gasteiger partial charge in [-0.2, -0.15) is 5.10 Å². The van der Waals surface area contributed by atoms with E-state index in [0.29, 0.717) is 27.7 Å². The molecule has 1 unspecified atom stereocenters. The fourth-order valence-electron chi connectivity index (χ4n) is 2.05. The number of aryl methyl sites for hydroxylation is 2. The first-order valence-corrected chi connectivity index (χ1v) is 6.76. The molecule has 0 bridgehead atoms. The number of nitrogens with zero attached hydrogens (tertiary/aromatic N) is 3. The molecular weight excluding hydrogens is 278 g/mol. The van der Waals surface area contributed by atoms with Gasteiger partial charge in [-0.05, 0) is 26.8 Å². The number of aromatic nitrogens is 3. The number of aliphatic hydroxyl groups excluding tert-OH is 1. The van der Waals surface area contributed by atoms with Crippen LogP contribution in [0, 0.1) is 6.92 Å². The van der Waals surface area contributed by atoms with Gasteiger partial charge in [0.15, 0.2) is 0 Å². The van der Waals surface area contributed by atoms with Crippen LogP contribution in [0.15, 0.2) is 18.5 Å². The molecular formula is C14H18ClN3O2. The maximum atomic E-state index is 10.5. The van der Waals surface area contributed by atoms with Crippen molar-refractivity contribution in [3.8, 4) is 5.75 Å². The molecule has 1 N–H and O–H groups in total. The summed E-state index contributed by atoms with van der Waals surface area (Å²) >= 11 is 6.17. The first-order valence-electron chi connectivity index (χ1n) is 6.38. The Kier molecular flexibility index (Phi) is 4.30. The SMILES string of the molecule is Cc1nn(C)c(Cl)c1C(O)c1cncc(OC(C)C)c1. The van der Waals surface area contributed by atoms with Gasteiger partial charge in [0.25, 0.3) is 0 Å². The number of ether oxygens (including phenoxy) is 1.